The van der Waals surface area contributed by atoms with Crippen LogP contribution in [-0.2, 0) is 18.3 Å². The van der Waals surface area contributed by atoms with Gasteiger partial charge in [-0.25, -0.2) is 9.97 Å². The summed E-state index contributed by atoms with van der Waals surface area (Å²) in [4.78, 5) is 11.3. The molecule has 0 radical (unpaired) electrons. The molecule has 1 aliphatic heterocycles. The van der Waals surface area contributed by atoms with E-state index in [0.717, 1.165) is 49.4 Å². The normalized spacial score (nSPS) is 18.9. The minimum atomic E-state index is 0.336. The third-order valence-electron chi connectivity index (χ3n) is 3.97. The topological polar surface area (TPSA) is 82.1 Å². The lowest BCUT2D eigenvalue weighted by molar-refractivity contribution is 0.0717. The molecule has 7 nitrogen and oxygen atoms in total. The molecule has 1 saturated heterocycles. The monoisotopic (exact) mass is 290 g/mol. The number of aryl methyl sites for hydroxylation is 1. The number of nitrogen functional groups attached to an aromatic ring is 1. The largest absolute Gasteiger partial charge is 0.383 e. The van der Waals surface area contributed by atoms with Crippen LogP contribution in [0.3, 0.4) is 0 Å². The van der Waals surface area contributed by atoms with Gasteiger partial charge in [0.1, 0.15) is 11.6 Å². The Morgan fingerprint density at radius 3 is 3.05 bits per heavy atom. The second-order valence-corrected chi connectivity index (χ2v) is 5.49. The van der Waals surface area contributed by atoms with E-state index in [4.69, 9.17) is 10.5 Å². The Labute approximate surface area is 124 Å². The molecule has 0 aromatic carbocycles. The van der Waals surface area contributed by atoms with Crippen molar-refractivity contribution in [2.45, 2.75) is 32.4 Å². The van der Waals surface area contributed by atoms with Crippen LogP contribution in [0.15, 0.2) is 6.20 Å². The second-order valence-electron chi connectivity index (χ2n) is 5.49. The highest BCUT2D eigenvalue weighted by atomic mass is 16.5. The Morgan fingerprint density at radius 2 is 2.33 bits per heavy atom. The highest BCUT2D eigenvalue weighted by Crippen LogP contribution is 2.18. The number of aromatic nitrogens is 4. The van der Waals surface area contributed by atoms with Crippen LogP contribution < -0.4 is 5.73 Å². The minimum absolute atomic E-state index is 0.336. The summed E-state index contributed by atoms with van der Waals surface area (Å²) in [6.07, 6.45) is 4.34. The number of nitrogens with zero attached hydrogens (tertiary/aromatic N) is 5. The van der Waals surface area contributed by atoms with Gasteiger partial charge in [0.2, 0.25) is 0 Å². The lowest BCUT2D eigenvalue weighted by atomic mass is 10.2. The van der Waals surface area contributed by atoms with Crippen molar-refractivity contribution in [3.8, 4) is 0 Å². The molecule has 21 heavy (non-hydrogen) atoms. The number of rotatable bonds is 5. The molecule has 3 rings (SSSR count). The molecule has 1 unspecified atom stereocenters. The molecular weight excluding hydrogens is 268 g/mol. The predicted molar refractivity (Wildman–Crippen MR) is 80.6 cm³/mol. The molecule has 1 fully saturated rings. The number of likely N-dealkylation sites (N-methyl/N-ethyl adjacent to an activating group) is 1. The first-order valence-electron chi connectivity index (χ1n) is 7.45. The van der Waals surface area contributed by atoms with Gasteiger partial charge in [-0.2, -0.15) is 5.10 Å². The summed E-state index contributed by atoms with van der Waals surface area (Å²) in [5.74, 6) is 1.24. The van der Waals surface area contributed by atoms with Gasteiger partial charge in [-0.1, -0.05) is 6.92 Å². The highest BCUT2D eigenvalue weighted by molar-refractivity contribution is 5.84. The van der Waals surface area contributed by atoms with E-state index in [2.05, 4.69) is 26.9 Å². The third kappa shape index (κ3) is 2.98. The zero-order valence-electron chi connectivity index (χ0n) is 12.6. The second kappa shape index (κ2) is 5.95. The molecule has 1 atom stereocenters. The van der Waals surface area contributed by atoms with E-state index in [9.17, 15) is 0 Å². The zero-order chi connectivity index (χ0) is 14.8. The van der Waals surface area contributed by atoms with Gasteiger partial charge in [0.15, 0.2) is 5.65 Å². The number of fused-ring (bicyclic) bond motifs is 1. The van der Waals surface area contributed by atoms with Crippen molar-refractivity contribution < 1.29 is 4.74 Å². The highest BCUT2D eigenvalue weighted by Gasteiger charge is 2.19. The van der Waals surface area contributed by atoms with Crippen LogP contribution in [0.1, 0.15) is 25.6 Å². The maximum atomic E-state index is 6.00. The van der Waals surface area contributed by atoms with Crippen molar-refractivity contribution in [2.24, 2.45) is 7.05 Å². The van der Waals surface area contributed by atoms with Crippen LogP contribution in [0, 0.1) is 0 Å². The summed E-state index contributed by atoms with van der Waals surface area (Å²) < 4.78 is 7.43. The van der Waals surface area contributed by atoms with Crippen molar-refractivity contribution in [3.05, 3.63) is 12.0 Å². The Bertz CT molecular complexity index is 619. The van der Waals surface area contributed by atoms with E-state index in [1.54, 1.807) is 10.9 Å². The van der Waals surface area contributed by atoms with E-state index in [-0.39, 0.29) is 0 Å². The van der Waals surface area contributed by atoms with Crippen molar-refractivity contribution in [3.63, 3.8) is 0 Å². The van der Waals surface area contributed by atoms with Crippen molar-refractivity contribution >= 4 is 16.9 Å². The molecule has 114 valence electrons. The van der Waals surface area contributed by atoms with Gasteiger partial charge >= 0.3 is 0 Å². The van der Waals surface area contributed by atoms with Gasteiger partial charge in [0.25, 0.3) is 0 Å². The van der Waals surface area contributed by atoms with Crippen LogP contribution in [0.5, 0.6) is 0 Å². The number of anilines is 1. The summed E-state index contributed by atoms with van der Waals surface area (Å²) in [7, 11) is 1.86. The van der Waals surface area contributed by atoms with Crippen LogP contribution in [0.25, 0.3) is 11.0 Å². The van der Waals surface area contributed by atoms with E-state index < -0.39 is 0 Å². The van der Waals surface area contributed by atoms with Gasteiger partial charge < -0.3 is 10.5 Å². The lowest BCUT2D eigenvalue weighted by Gasteiger charge is -2.22. The van der Waals surface area contributed by atoms with Crippen LogP contribution in [-0.4, -0.2) is 50.4 Å². The molecule has 7 heteroatoms. The zero-order valence-corrected chi connectivity index (χ0v) is 12.6. The first-order valence-corrected chi connectivity index (χ1v) is 7.45. The molecule has 1 aliphatic rings. The molecular formula is C14H22N6O. The molecule has 3 heterocycles. The van der Waals surface area contributed by atoms with Gasteiger partial charge in [-0.3, -0.25) is 9.58 Å². The fourth-order valence-corrected chi connectivity index (χ4v) is 2.74. The number of nitrogens with two attached hydrogens (primary N) is 1. The smallest absolute Gasteiger partial charge is 0.163 e. The first kappa shape index (κ1) is 14.2. The van der Waals surface area contributed by atoms with Gasteiger partial charge in [-0.05, 0) is 19.4 Å². The molecule has 2 N–H and O–H groups in total. The molecule has 0 saturated carbocycles. The Morgan fingerprint density at radius 1 is 1.48 bits per heavy atom. The fraction of sp³-hybridized carbons (Fsp3) is 0.643. The van der Waals surface area contributed by atoms with E-state index in [1.807, 2.05) is 7.05 Å². The maximum Gasteiger partial charge on any atom is 0.163 e. The van der Waals surface area contributed by atoms with E-state index in [1.165, 1.54) is 0 Å². The van der Waals surface area contributed by atoms with Gasteiger partial charge in [0.05, 0.1) is 24.2 Å². The average molecular weight is 290 g/mol. The Kier molecular flexibility index (Phi) is 4.03. The Balaban J connectivity index is 1.77. The van der Waals surface area contributed by atoms with Crippen LogP contribution in [0.4, 0.5) is 5.82 Å². The molecule has 0 amide bonds. The molecule has 2 aromatic rings. The fourth-order valence-electron chi connectivity index (χ4n) is 2.74. The summed E-state index contributed by atoms with van der Waals surface area (Å²) >= 11 is 0. The van der Waals surface area contributed by atoms with Crippen molar-refractivity contribution in [1.29, 1.82) is 0 Å². The molecule has 2 aromatic heterocycles. The van der Waals surface area contributed by atoms with Crippen molar-refractivity contribution in [1.82, 2.24) is 24.6 Å². The molecule has 0 aliphatic carbocycles. The maximum absolute atomic E-state index is 6.00. The summed E-state index contributed by atoms with van der Waals surface area (Å²) in [6.45, 7) is 5.56. The SMILES string of the molecule is CCN(Cc1nc(N)c2cnn(C)c2n1)CC1CCCO1. The van der Waals surface area contributed by atoms with E-state index >= 15 is 0 Å². The Hall–Kier alpha value is -1.73. The average Bonchev–Trinajstić information content (AvgIpc) is 3.09. The molecule has 0 spiro atoms. The third-order valence-corrected chi connectivity index (χ3v) is 3.97. The number of hydrogen-bond acceptors (Lipinski definition) is 6. The lowest BCUT2D eigenvalue weighted by Crippen LogP contribution is -2.32. The quantitative estimate of drug-likeness (QED) is 0.882. The van der Waals surface area contributed by atoms with Crippen LogP contribution in [0.2, 0.25) is 0 Å². The predicted octanol–water partition coefficient (Wildman–Crippen LogP) is 0.946. The first-order chi connectivity index (χ1) is 10.2. The number of hydrogen-bond donors (Lipinski definition) is 1. The summed E-state index contributed by atoms with van der Waals surface area (Å²) in [6, 6.07) is 0. The van der Waals surface area contributed by atoms with Gasteiger partial charge in [-0.15, -0.1) is 0 Å². The summed E-state index contributed by atoms with van der Waals surface area (Å²) in [5.41, 5.74) is 6.79. The number of ether oxygens (including phenoxy) is 1. The summed E-state index contributed by atoms with van der Waals surface area (Å²) in [5, 5.41) is 4.99. The van der Waals surface area contributed by atoms with Crippen molar-refractivity contribution in [2.75, 3.05) is 25.4 Å². The van der Waals surface area contributed by atoms with Crippen LogP contribution >= 0.6 is 0 Å². The minimum Gasteiger partial charge on any atom is -0.383 e. The van der Waals surface area contributed by atoms with Gasteiger partial charge in [0, 0.05) is 20.2 Å². The standard InChI is InChI=1S/C14H22N6O/c1-3-20(8-10-5-4-6-21-10)9-12-17-13(15)11-7-16-19(2)14(11)18-12/h7,10H,3-6,8-9H2,1-2H3,(H2,15,17,18). The molecule has 0 bridgehead atoms. The van der Waals surface area contributed by atoms with E-state index in [0.29, 0.717) is 18.5 Å².